The van der Waals surface area contributed by atoms with Gasteiger partial charge in [0.05, 0.1) is 6.42 Å². The molecular formula is C31H37N3O6. The van der Waals surface area contributed by atoms with E-state index in [1.807, 2.05) is 72.8 Å². The zero-order valence-corrected chi connectivity index (χ0v) is 23.4. The molecule has 3 aromatic carbocycles. The molecule has 0 saturated heterocycles. The van der Waals surface area contributed by atoms with Crippen molar-refractivity contribution in [1.82, 2.24) is 16.0 Å². The Morgan fingerprint density at radius 3 is 2.23 bits per heavy atom. The average molecular weight is 548 g/mol. The van der Waals surface area contributed by atoms with E-state index < -0.39 is 42.1 Å². The van der Waals surface area contributed by atoms with Crippen molar-refractivity contribution >= 4 is 34.6 Å². The zero-order valence-electron chi connectivity index (χ0n) is 23.4. The maximum Gasteiger partial charge on any atom is 0.408 e. The summed E-state index contributed by atoms with van der Waals surface area (Å²) in [6.07, 6.45) is -1.24. The van der Waals surface area contributed by atoms with Crippen molar-refractivity contribution in [3.63, 3.8) is 0 Å². The zero-order chi connectivity index (χ0) is 29.1. The summed E-state index contributed by atoms with van der Waals surface area (Å²) in [5, 5.41) is 10.2. The van der Waals surface area contributed by atoms with Crippen LogP contribution in [0.4, 0.5) is 4.79 Å². The summed E-state index contributed by atoms with van der Waals surface area (Å²) in [6, 6.07) is 21.1. The van der Waals surface area contributed by atoms with Gasteiger partial charge in [0.2, 0.25) is 11.8 Å². The summed E-state index contributed by atoms with van der Waals surface area (Å²) in [4.78, 5) is 50.6. The second-order valence-corrected chi connectivity index (χ2v) is 10.6. The summed E-state index contributed by atoms with van der Waals surface area (Å²) >= 11 is 0. The topological polar surface area (TPSA) is 123 Å². The van der Waals surface area contributed by atoms with Gasteiger partial charge in [-0.1, -0.05) is 72.8 Å². The highest BCUT2D eigenvalue weighted by atomic mass is 16.6. The number of amides is 3. The molecule has 0 heterocycles. The minimum atomic E-state index is -1.25. The number of nitrogens with one attached hydrogen (secondary N) is 3. The van der Waals surface area contributed by atoms with Crippen LogP contribution in [0.2, 0.25) is 0 Å². The molecule has 3 N–H and O–H groups in total. The molecule has 9 heteroatoms. The smallest absolute Gasteiger partial charge is 0.408 e. The Morgan fingerprint density at radius 1 is 0.825 bits per heavy atom. The molecule has 2 unspecified atom stereocenters. The van der Waals surface area contributed by atoms with Crippen LogP contribution in [0.15, 0.2) is 72.8 Å². The molecule has 0 bridgehead atoms. The Labute approximate surface area is 234 Å². The van der Waals surface area contributed by atoms with E-state index in [4.69, 9.17) is 9.47 Å². The van der Waals surface area contributed by atoms with Crippen LogP contribution in [-0.4, -0.2) is 41.6 Å². The molecule has 3 amide bonds. The number of alkyl carbamates (subject to hydrolysis) is 1. The van der Waals surface area contributed by atoms with Crippen molar-refractivity contribution in [1.29, 1.82) is 0 Å². The molecule has 0 fully saturated rings. The highest BCUT2D eigenvalue weighted by Gasteiger charge is 2.28. The van der Waals surface area contributed by atoms with Crippen molar-refractivity contribution in [2.24, 2.45) is 0 Å². The predicted octanol–water partition coefficient (Wildman–Crippen LogP) is 4.38. The first-order valence-corrected chi connectivity index (χ1v) is 13.2. The van der Waals surface area contributed by atoms with Gasteiger partial charge in [-0.3, -0.25) is 14.4 Å². The molecular weight excluding hydrogens is 510 g/mol. The molecule has 0 aliphatic carbocycles. The minimum absolute atomic E-state index is 0.00805. The van der Waals surface area contributed by atoms with Crippen molar-refractivity contribution < 1.29 is 28.7 Å². The van der Waals surface area contributed by atoms with Gasteiger partial charge >= 0.3 is 12.1 Å². The summed E-state index contributed by atoms with van der Waals surface area (Å²) < 4.78 is 10.5. The molecule has 2 atom stereocenters. The van der Waals surface area contributed by atoms with Crippen LogP contribution in [-0.2, 0) is 37.0 Å². The molecule has 0 aliphatic rings. The number of ether oxygens (including phenoxy) is 2. The molecule has 40 heavy (non-hydrogen) atoms. The van der Waals surface area contributed by atoms with Crippen LogP contribution in [0.25, 0.3) is 10.8 Å². The van der Waals surface area contributed by atoms with Gasteiger partial charge in [0.25, 0.3) is 0 Å². The predicted molar refractivity (Wildman–Crippen MR) is 152 cm³/mol. The summed E-state index contributed by atoms with van der Waals surface area (Å²) in [6.45, 7) is 7.12. The monoisotopic (exact) mass is 547 g/mol. The highest BCUT2D eigenvalue weighted by molar-refractivity contribution is 5.90. The summed E-state index contributed by atoms with van der Waals surface area (Å²) in [5.74, 6) is -1.54. The molecule has 9 nitrogen and oxygen atoms in total. The summed E-state index contributed by atoms with van der Waals surface area (Å²) in [7, 11) is 0. The second-order valence-electron chi connectivity index (χ2n) is 10.6. The van der Waals surface area contributed by atoms with Crippen LogP contribution < -0.4 is 16.0 Å². The number of rotatable bonds is 11. The molecule has 0 aromatic heterocycles. The lowest BCUT2D eigenvalue weighted by Gasteiger charge is -2.24. The van der Waals surface area contributed by atoms with E-state index in [0.717, 1.165) is 21.9 Å². The Balaban J connectivity index is 1.55. The van der Waals surface area contributed by atoms with Gasteiger partial charge in [-0.15, -0.1) is 0 Å². The van der Waals surface area contributed by atoms with Crippen LogP contribution in [0.1, 0.15) is 51.7 Å². The first-order chi connectivity index (χ1) is 19.0. The van der Waals surface area contributed by atoms with E-state index in [1.54, 1.807) is 27.7 Å². The average Bonchev–Trinajstić information content (AvgIpc) is 2.89. The van der Waals surface area contributed by atoms with Crippen molar-refractivity contribution in [2.45, 2.75) is 71.4 Å². The number of hydrogen-bond acceptors (Lipinski definition) is 6. The quantitative estimate of drug-likeness (QED) is 0.306. The number of carbonyl (C=O) groups is 4. The Bertz CT molecular complexity index is 1310. The van der Waals surface area contributed by atoms with Gasteiger partial charge < -0.3 is 25.4 Å². The largest absolute Gasteiger partial charge is 0.461 e. The van der Waals surface area contributed by atoms with Crippen LogP contribution in [0.5, 0.6) is 0 Å². The van der Waals surface area contributed by atoms with E-state index >= 15 is 0 Å². The number of carbonyl (C=O) groups excluding carboxylic acids is 4. The second kappa shape index (κ2) is 14.1. The Hall–Kier alpha value is -4.40. The van der Waals surface area contributed by atoms with Crippen molar-refractivity contribution in [3.05, 3.63) is 83.9 Å². The van der Waals surface area contributed by atoms with E-state index in [9.17, 15) is 19.2 Å². The number of fused-ring (bicyclic) bond motifs is 1. The number of esters is 1. The van der Waals surface area contributed by atoms with Gasteiger partial charge in [-0.05, 0) is 49.6 Å². The Morgan fingerprint density at radius 2 is 1.50 bits per heavy atom. The maximum atomic E-state index is 13.1. The standard InChI is InChI=1S/C31H37N3O6/c1-21(17-27(35)32-19-24-15-10-14-23-13-8-9-16-25(23)24)33-29(37)26(34-30(38)40-31(2,3)4)18-28(36)39-20-22-11-6-5-7-12-22/h5-16,21,26H,17-20H2,1-4H3,(H,32,35)(H,33,37)(H,34,38). The molecule has 3 aromatic rings. The van der Waals surface area contributed by atoms with Gasteiger partial charge in [-0.25, -0.2) is 4.79 Å². The fourth-order valence-electron chi connectivity index (χ4n) is 4.01. The number of hydrogen-bond donors (Lipinski definition) is 3. The van der Waals surface area contributed by atoms with Crippen LogP contribution in [0.3, 0.4) is 0 Å². The SMILES string of the molecule is CC(CC(=O)NCc1cccc2ccccc12)NC(=O)C(CC(=O)OCc1ccccc1)NC(=O)OC(C)(C)C. The minimum Gasteiger partial charge on any atom is -0.461 e. The number of benzene rings is 3. The first-order valence-electron chi connectivity index (χ1n) is 13.2. The van der Waals surface area contributed by atoms with Gasteiger partial charge in [-0.2, -0.15) is 0 Å². The lowest BCUT2D eigenvalue weighted by molar-refractivity contribution is -0.147. The van der Waals surface area contributed by atoms with Crippen molar-refractivity contribution in [2.75, 3.05) is 0 Å². The molecule has 0 spiro atoms. The van der Waals surface area contributed by atoms with Gasteiger partial charge in [0.1, 0.15) is 18.2 Å². The van der Waals surface area contributed by atoms with Crippen molar-refractivity contribution in [3.8, 4) is 0 Å². The van der Waals surface area contributed by atoms with E-state index in [1.165, 1.54) is 0 Å². The fraction of sp³-hybridized carbons (Fsp3) is 0.355. The molecule has 3 rings (SSSR count). The first kappa shape index (κ1) is 30.1. The molecule has 0 saturated carbocycles. The van der Waals surface area contributed by atoms with Crippen LogP contribution in [0, 0.1) is 0 Å². The summed E-state index contributed by atoms with van der Waals surface area (Å²) in [5.41, 5.74) is 0.979. The highest BCUT2D eigenvalue weighted by Crippen LogP contribution is 2.18. The van der Waals surface area contributed by atoms with E-state index in [2.05, 4.69) is 16.0 Å². The Kier molecular flexibility index (Phi) is 10.6. The fourth-order valence-corrected chi connectivity index (χ4v) is 4.01. The van der Waals surface area contributed by atoms with E-state index in [-0.39, 0.29) is 18.9 Å². The van der Waals surface area contributed by atoms with Gasteiger partial charge in [0.15, 0.2) is 0 Å². The van der Waals surface area contributed by atoms with Crippen LogP contribution >= 0.6 is 0 Å². The molecule has 0 aliphatic heterocycles. The normalized spacial score (nSPS) is 12.6. The third-order valence-corrected chi connectivity index (χ3v) is 5.86. The lowest BCUT2D eigenvalue weighted by Crippen LogP contribution is -2.51. The van der Waals surface area contributed by atoms with Gasteiger partial charge in [0, 0.05) is 19.0 Å². The third kappa shape index (κ3) is 10.1. The maximum absolute atomic E-state index is 13.1. The molecule has 212 valence electrons. The molecule has 0 radical (unpaired) electrons. The lowest BCUT2D eigenvalue weighted by atomic mass is 10.0. The van der Waals surface area contributed by atoms with E-state index in [0.29, 0.717) is 6.54 Å². The third-order valence-electron chi connectivity index (χ3n) is 5.86.